The molecule has 0 spiro atoms. The molecule has 4 N–H and O–H groups in total. The highest BCUT2D eigenvalue weighted by atomic mass is 31.3. The molecule has 10 heteroatoms. The number of phosphoric ester groups is 1. The Bertz CT molecular complexity index is 317. The van der Waals surface area contributed by atoms with Crippen LogP contribution < -0.4 is 0 Å². The molecular formula is C5H12O8P2. The molecule has 0 aliphatic rings. The minimum atomic E-state index is -5.07. The van der Waals surface area contributed by atoms with E-state index in [1.54, 1.807) is 0 Å². The molecule has 0 saturated carbocycles. The summed E-state index contributed by atoms with van der Waals surface area (Å²) in [6.07, 6.45) is 1.30. The van der Waals surface area contributed by atoms with Gasteiger partial charge < -0.3 is 19.8 Å². The zero-order chi connectivity index (χ0) is 12.1. The van der Waals surface area contributed by atoms with Gasteiger partial charge in [-0.2, -0.15) is 4.31 Å². The van der Waals surface area contributed by atoms with E-state index in [0.717, 1.165) is 0 Å². The zero-order valence-corrected chi connectivity index (χ0v) is 9.60. The summed E-state index contributed by atoms with van der Waals surface area (Å²) < 4.78 is 28.8. The first-order valence-corrected chi connectivity index (χ1v) is 6.69. The lowest BCUT2D eigenvalue weighted by molar-refractivity contribution is 0.188. The van der Waals surface area contributed by atoms with Gasteiger partial charge in [0, 0.05) is 0 Å². The SMILES string of the molecule is C/C(=C\CO)COP(=O)(O)OP(=O)(O)O. The van der Waals surface area contributed by atoms with E-state index in [-0.39, 0.29) is 13.2 Å². The van der Waals surface area contributed by atoms with Gasteiger partial charge in [-0.15, -0.1) is 0 Å². The number of phosphoric acid groups is 2. The fraction of sp³-hybridized carbons (Fsp3) is 0.600. The van der Waals surface area contributed by atoms with Crippen LogP contribution in [0.3, 0.4) is 0 Å². The van der Waals surface area contributed by atoms with Gasteiger partial charge in [-0.05, 0) is 12.5 Å². The number of aliphatic hydroxyl groups excluding tert-OH is 1. The second kappa shape index (κ2) is 5.89. The first-order valence-electron chi connectivity index (χ1n) is 3.67. The molecule has 0 saturated heterocycles. The summed E-state index contributed by atoms with van der Waals surface area (Å²) in [6, 6.07) is 0. The fourth-order valence-corrected chi connectivity index (χ4v) is 2.19. The fourth-order valence-electron chi connectivity index (χ4n) is 0.556. The minimum absolute atomic E-state index is 0.274. The molecule has 0 amide bonds. The molecule has 15 heavy (non-hydrogen) atoms. The molecule has 90 valence electrons. The van der Waals surface area contributed by atoms with Gasteiger partial charge in [-0.3, -0.25) is 4.52 Å². The molecule has 0 aromatic rings. The molecule has 0 heterocycles. The van der Waals surface area contributed by atoms with Crippen molar-refractivity contribution in [1.29, 1.82) is 0 Å². The van der Waals surface area contributed by atoms with E-state index >= 15 is 0 Å². The van der Waals surface area contributed by atoms with Crippen LogP contribution in [0.5, 0.6) is 0 Å². The molecular weight excluding hydrogens is 250 g/mol. The van der Waals surface area contributed by atoms with Gasteiger partial charge >= 0.3 is 15.6 Å². The Labute approximate surface area is 86.0 Å². The summed E-state index contributed by atoms with van der Waals surface area (Å²) in [6.45, 7) is 0.840. The maximum absolute atomic E-state index is 10.9. The molecule has 8 nitrogen and oxygen atoms in total. The van der Waals surface area contributed by atoms with E-state index in [1.807, 2.05) is 0 Å². The normalized spacial score (nSPS) is 17.5. The highest BCUT2D eigenvalue weighted by Gasteiger charge is 2.32. The molecule has 0 fully saturated rings. The molecule has 0 aliphatic carbocycles. The van der Waals surface area contributed by atoms with Crippen molar-refractivity contribution in [3.8, 4) is 0 Å². The maximum Gasteiger partial charge on any atom is 0.481 e. The molecule has 1 unspecified atom stereocenters. The first kappa shape index (κ1) is 15.0. The van der Waals surface area contributed by atoms with Crippen molar-refractivity contribution in [1.82, 2.24) is 0 Å². The van der Waals surface area contributed by atoms with Crippen molar-refractivity contribution >= 4 is 15.6 Å². The lowest BCUT2D eigenvalue weighted by Gasteiger charge is -2.12. The summed E-state index contributed by atoms with van der Waals surface area (Å²) >= 11 is 0. The molecule has 0 bridgehead atoms. The van der Waals surface area contributed by atoms with E-state index in [9.17, 15) is 9.13 Å². The van der Waals surface area contributed by atoms with Crippen LogP contribution in [0, 0.1) is 0 Å². The van der Waals surface area contributed by atoms with Crippen molar-refractivity contribution < 1.29 is 37.8 Å². The largest absolute Gasteiger partial charge is 0.481 e. The summed E-state index contributed by atoms with van der Waals surface area (Å²) in [7, 11) is -9.85. The third kappa shape index (κ3) is 8.92. The van der Waals surface area contributed by atoms with E-state index in [4.69, 9.17) is 19.8 Å². The smallest absolute Gasteiger partial charge is 0.392 e. The Balaban J connectivity index is 4.23. The predicted molar refractivity (Wildman–Crippen MR) is 49.7 cm³/mol. The van der Waals surface area contributed by atoms with Crippen LogP contribution in [0.4, 0.5) is 0 Å². The van der Waals surface area contributed by atoms with Crippen molar-refractivity contribution in [3.05, 3.63) is 11.6 Å². The van der Waals surface area contributed by atoms with Crippen LogP contribution in [-0.4, -0.2) is 33.0 Å². The average Bonchev–Trinajstić information content (AvgIpc) is 1.97. The Morgan fingerprint density at radius 2 is 1.87 bits per heavy atom. The second-order valence-electron chi connectivity index (χ2n) is 2.55. The van der Waals surface area contributed by atoms with E-state index in [0.29, 0.717) is 5.57 Å². The average molecular weight is 262 g/mol. The van der Waals surface area contributed by atoms with E-state index < -0.39 is 15.6 Å². The first-order chi connectivity index (χ1) is 6.66. The van der Waals surface area contributed by atoms with Gasteiger partial charge in [-0.1, -0.05) is 6.08 Å². The molecule has 0 aromatic carbocycles. The maximum atomic E-state index is 10.9. The van der Waals surface area contributed by atoms with Gasteiger partial charge in [0.15, 0.2) is 0 Å². The Morgan fingerprint density at radius 3 is 2.27 bits per heavy atom. The number of hydrogen-bond acceptors (Lipinski definition) is 5. The van der Waals surface area contributed by atoms with Gasteiger partial charge in [0.05, 0.1) is 13.2 Å². The van der Waals surface area contributed by atoms with Gasteiger partial charge in [-0.25, -0.2) is 9.13 Å². The number of aliphatic hydroxyl groups is 1. The van der Waals surface area contributed by atoms with Gasteiger partial charge in [0.1, 0.15) is 0 Å². The lowest BCUT2D eigenvalue weighted by Crippen LogP contribution is -1.97. The van der Waals surface area contributed by atoms with Crippen LogP contribution in [0.15, 0.2) is 11.6 Å². The van der Waals surface area contributed by atoms with E-state index in [2.05, 4.69) is 8.83 Å². The Kier molecular flexibility index (Phi) is 5.87. The van der Waals surface area contributed by atoms with Crippen molar-refractivity contribution in [2.24, 2.45) is 0 Å². The Morgan fingerprint density at radius 1 is 1.33 bits per heavy atom. The number of hydrogen-bond donors (Lipinski definition) is 4. The monoisotopic (exact) mass is 262 g/mol. The molecule has 0 rings (SSSR count). The number of rotatable bonds is 6. The Hall–Kier alpha value is -0.0400. The minimum Gasteiger partial charge on any atom is -0.392 e. The van der Waals surface area contributed by atoms with Crippen LogP contribution in [0.2, 0.25) is 0 Å². The van der Waals surface area contributed by atoms with Crippen LogP contribution in [-0.2, 0) is 18.0 Å². The highest BCUT2D eigenvalue weighted by Crippen LogP contribution is 2.57. The molecule has 0 aromatic heterocycles. The van der Waals surface area contributed by atoms with Crippen molar-refractivity contribution in [2.75, 3.05) is 13.2 Å². The second-order valence-corrected chi connectivity index (χ2v) is 5.38. The van der Waals surface area contributed by atoms with Crippen LogP contribution in [0.25, 0.3) is 0 Å². The molecule has 1 atom stereocenters. The lowest BCUT2D eigenvalue weighted by atomic mass is 10.3. The zero-order valence-electron chi connectivity index (χ0n) is 7.81. The standard InChI is InChI=1S/C5H12O8P2/c1-5(2-3-6)4-12-15(10,11)13-14(7,8)9/h2,6H,3-4H2,1H3,(H,10,11)(H2,7,8,9)/b5-2+. The summed E-state index contributed by atoms with van der Waals surface area (Å²) in [4.78, 5) is 25.3. The summed E-state index contributed by atoms with van der Waals surface area (Å²) in [5.41, 5.74) is 0.418. The van der Waals surface area contributed by atoms with Gasteiger partial charge in [0.2, 0.25) is 0 Å². The van der Waals surface area contributed by atoms with E-state index in [1.165, 1.54) is 13.0 Å². The topological polar surface area (TPSA) is 134 Å². The predicted octanol–water partition coefficient (Wildman–Crippen LogP) is 0.151. The van der Waals surface area contributed by atoms with Crippen molar-refractivity contribution in [3.63, 3.8) is 0 Å². The third-order valence-corrected chi connectivity index (χ3v) is 3.24. The van der Waals surface area contributed by atoms with Crippen LogP contribution in [0.1, 0.15) is 6.92 Å². The summed E-state index contributed by atoms with van der Waals surface area (Å²) in [5.74, 6) is 0. The molecule has 0 radical (unpaired) electrons. The third-order valence-electron chi connectivity index (χ3n) is 1.10. The quantitative estimate of drug-likeness (QED) is 0.392. The highest BCUT2D eigenvalue weighted by molar-refractivity contribution is 7.60. The molecule has 0 aliphatic heterocycles. The van der Waals surface area contributed by atoms with Crippen molar-refractivity contribution in [2.45, 2.75) is 6.92 Å². The summed E-state index contributed by atoms with van der Waals surface area (Å²) in [5, 5.41) is 8.43. The van der Waals surface area contributed by atoms with Gasteiger partial charge in [0.25, 0.3) is 0 Å². The van der Waals surface area contributed by atoms with Crippen LogP contribution >= 0.6 is 15.6 Å².